The van der Waals surface area contributed by atoms with E-state index in [1.165, 1.54) is 10.4 Å². The van der Waals surface area contributed by atoms with Crippen LogP contribution in [0.3, 0.4) is 0 Å². The fourth-order valence-corrected chi connectivity index (χ4v) is 5.55. The first-order valence-electron chi connectivity index (χ1n) is 7.98. The molecule has 8 heteroatoms. The summed E-state index contributed by atoms with van der Waals surface area (Å²) in [7, 11) is -3.58. The summed E-state index contributed by atoms with van der Waals surface area (Å²) in [4.78, 5) is 12.5. The molecule has 1 unspecified atom stereocenters. The number of anilines is 1. The van der Waals surface area contributed by atoms with E-state index in [-0.39, 0.29) is 22.3 Å². The molecule has 25 heavy (non-hydrogen) atoms. The molecule has 5 nitrogen and oxygen atoms in total. The van der Waals surface area contributed by atoms with Crippen LogP contribution in [0.1, 0.15) is 18.4 Å². The third kappa shape index (κ3) is 3.91. The Morgan fingerprint density at radius 3 is 2.88 bits per heavy atom. The highest BCUT2D eigenvalue weighted by Gasteiger charge is 2.34. The molecular formula is C17H19FN2O3S2. The predicted octanol–water partition coefficient (Wildman–Crippen LogP) is 3.24. The van der Waals surface area contributed by atoms with Crippen molar-refractivity contribution in [1.82, 2.24) is 4.31 Å². The number of amides is 1. The Morgan fingerprint density at radius 2 is 2.16 bits per heavy atom. The number of carbonyl (C=O) groups excluding carboxylic acids is 1. The molecular weight excluding hydrogens is 363 g/mol. The maximum Gasteiger partial charge on any atom is 0.252 e. The number of hydrogen-bond donors (Lipinski definition) is 1. The number of hydrogen-bond acceptors (Lipinski definition) is 4. The molecule has 0 radical (unpaired) electrons. The van der Waals surface area contributed by atoms with Crippen molar-refractivity contribution < 1.29 is 17.6 Å². The Kier molecular flexibility index (Phi) is 5.21. The van der Waals surface area contributed by atoms with E-state index in [1.807, 2.05) is 6.92 Å². The number of rotatable bonds is 4. The molecule has 1 N–H and O–H groups in total. The molecule has 1 atom stereocenters. The molecule has 2 aromatic rings. The fraction of sp³-hybridized carbons (Fsp3) is 0.353. The van der Waals surface area contributed by atoms with Crippen molar-refractivity contribution in [3.05, 3.63) is 47.1 Å². The standard InChI is InChI=1S/C17H19FN2O3S2/c1-12-6-7-14(18)15(10-12)19-17(21)13-4-2-8-20(11-13)25(22,23)16-5-3-9-24-16/h3,5-7,9-10,13H,2,4,8,11H2,1H3,(H,19,21). The zero-order valence-electron chi connectivity index (χ0n) is 13.7. The van der Waals surface area contributed by atoms with E-state index in [0.717, 1.165) is 16.9 Å². The van der Waals surface area contributed by atoms with Crippen LogP contribution in [0.5, 0.6) is 0 Å². The summed E-state index contributed by atoms with van der Waals surface area (Å²) < 4.78 is 40.7. The van der Waals surface area contributed by atoms with E-state index in [1.54, 1.807) is 29.6 Å². The van der Waals surface area contributed by atoms with Crippen molar-refractivity contribution in [3.8, 4) is 0 Å². The van der Waals surface area contributed by atoms with Crippen LogP contribution < -0.4 is 5.32 Å². The Balaban J connectivity index is 1.73. The summed E-state index contributed by atoms with van der Waals surface area (Å²) in [5.41, 5.74) is 0.963. The number of nitrogens with zero attached hydrogens (tertiary/aromatic N) is 1. The number of sulfonamides is 1. The van der Waals surface area contributed by atoms with E-state index in [4.69, 9.17) is 0 Å². The average molecular weight is 382 g/mol. The van der Waals surface area contributed by atoms with Gasteiger partial charge < -0.3 is 5.32 Å². The predicted molar refractivity (Wildman–Crippen MR) is 95.6 cm³/mol. The number of aryl methyl sites for hydroxylation is 1. The largest absolute Gasteiger partial charge is 0.323 e. The second kappa shape index (κ2) is 7.23. The van der Waals surface area contributed by atoms with Gasteiger partial charge in [0.05, 0.1) is 11.6 Å². The zero-order valence-corrected chi connectivity index (χ0v) is 15.4. The van der Waals surface area contributed by atoms with E-state index < -0.39 is 21.8 Å². The van der Waals surface area contributed by atoms with Gasteiger partial charge in [0.2, 0.25) is 5.91 Å². The lowest BCUT2D eigenvalue weighted by Gasteiger charge is -2.30. The van der Waals surface area contributed by atoms with Gasteiger partial charge in [0.1, 0.15) is 10.0 Å². The van der Waals surface area contributed by atoms with Crippen LogP contribution >= 0.6 is 11.3 Å². The summed E-state index contributed by atoms with van der Waals surface area (Å²) in [5, 5.41) is 4.30. The van der Waals surface area contributed by atoms with E-state index in [0.29, 0.717) is 19.4 Å². The van der Waals surface area contributed by atoms with E-state index >= 15 is 0 Å². The molecule has 3 rings (SSSR count). The smallest absolute Gasteiger partial charge is 0.252 e. The van der Waals surface area contributed by atoms with Crippen molar-refractivity contribution in [2.75, 3.05) is 18.4 Å². The van der Waals surface area contributed by atoms with Crippen molar-refractivity contribution >= 4 is 33.0 Å². The van der Waals surface area contributed by atoms with E-state index in [9.17, 15) is 17.6 Å². The van der Waals surface area contributed by atoms with Crippen molar-refractivity contribution in [2.45, 2.75) is 24.0 Å². The topological polar surface area (TPSA) is 66.5 Å². The van der Waals surface area contributed by atoms with Gasteiger partial charge in [0.15, 0.2) is 0 Å². The van der Waals surface area contributed by atoms with Crippen molar-refractivity contribution in [1.29, 1.82) is 0 Å². The third-order valence-corrected chi connectivity index (χ3v) is 7.46. The SMILES string of the molecule is Cc1ccc(F)c(NC(=O)C2CCCN(S(=O)(=O)c3cccs3)C2)c1. The van der Waals surface area contributed by atoms with E-state index in [2.05, 4.69) is 5.32 Å². The van der Waals surface area contributed by atoms with Crippen LogP contribution in [0.4, 0.5) is 10.1 Å². The molecule has 134 valence electrons. The molecule has 1 saturated heterocycles. The molecule has 0 spiro atoms. The average Bonchev–Trinajstić information content (AvgIpc) is 3.13. The Morgan fingerprint density at radius 1 is 1.36 bits per heavy atom. The van der Waals surface area contributed by atoms with Gasteiger partial charge in [-0.05, 0) is 48.9 Å². The summed E-state index contributed by atoms with van der Waals surface area (Å²) in [6.45, 7) is 2.31. The molecule has 1 aliphatic heterocycles. The summed E-state index contributed by atoms with van der Waals surface area (Å²) in [6, 6.07) is 7.74. The van der Waals surface area contributed by atoms with Crippen LogP contribution in [-0.4, -0.2) is 31.7 Å². The molecule has 1 amide bonds. The van der Waals surface area contributed by atoms with Gasteiger partial charge in [-0.2, -0.15) is 4.31 Å². The summed E-state index contributed by atoms with van der Waals surface area (Å²) >= 11 is 1.16. The van der Waals surface area contributed by atoms with Gasteiger partial charge in [-0.15, -0.1) is 11.3 Å². The zero-order chi connectivity index (χ0) is 18.0. The first-order valence-corrected chi connectivity index (χ1v) is 10.3. The Bertz CT molecular complexity index is 866. The maximum atomic E-state index is 13.8. The van der Waals surface area contributed by atoms with Crippen LogP contribution in [0.25, 0.3) is 0 Å². The maximum absolute atomic E-state index is 13.8. The first kappa shape index (κ1) is 18.0. The summed E-state index contributed by atoms with van der Waals surface area (Å²) in [5.74, 6) is -1.35. The minimum absolute atomic E-state index is 0.111. The lowest BCUT2D eigenvalue weighted by Crippen LogP contribution is -2.43. The normalized spacial score (nSPS) is 18.9. The van der Waals surface area contributed by atoms with Crippen LogP contribution in [0.15, 0.2) is 39.9 Å². The van der Waals surface area contributed by atoms with Gasteiger partial charge in [-0.1, -0.05) is 12.1 Å². The molecule has 0 saturated carbocycles. The lowest BCUT2D eigenvalue weighted by molar-refractivity contribution is -0.120. The molecule has 1 fully saturated rings. The highest BCUT2D eigenvalue weighted by molar-refractivity contribution is 7.91. The minimum atomic E-state index is -3.58. The second-order valence-electron chi connectivity index (χ2n) is 6.11. The summed E-state index contributed by atoms with van der Waals surface area (Å²) in [6.07, 6.45) is 1.18. The number of benzene rings is 1. The number of halogens is 1. The molecule has 1 aromatic heterocycles. The minimum Gasteiger partial charge on any atom is -0.323 e. The fourth-order valence-electron chi connectivity index (χ4n) is 2.88. The third-order valence-electron chi connectivity index (χ3n) is 4.22. The molecule has 1 aliphatic rings. The number of thiophene rings is 1. The molecule has 2 heterocycles. The van der Waals surface area contributed by atoms with Crippen LogP contribution in [0, 0.1) is 18.7 Å². The Labute approximate surface area is 150 Å². The van der Waals surface area contributed by atoms with Gasteiger partial charge in [-0.25, -0.2) is 12.8 Å². The van der Waals surface area contributed by atoms with Gasteiger partial charge in [0, 0.05) is 13.1 Å². The highest BCUT2D eigenvalue weighted by atomic mass is 32.2. The van der Waals surface area contributed by atoms with Crippen molar-refractivity contribution in [3.63, 3.8) is 0 Å². The number of carbonyl (C=O) groups is 1. The van der Waals surface area contributed by atoms with Gasteiger partial charge in [-0.3, -0.25) is 4.79 Å². The number of nitrogens with one attached hydrogen (secondary N) is 1. The van der Waals surface area contributed by atoms with Gasteiger partial charge >= 0.3 is 0 Å². The van der Waals surface area contributed by atoms with Crippen LogP contribution in [-0.2, 0) is 14.8 Å². The van der Waals surface area contributed by atoms with Gasteiger partial charge in [0.25, 0.3) is 10.0 Å². The second-order valence-corrected chi connectivity index (χ2v) is 9.22. The lowest BCUT2D eigenvalue weighted by atomic mass is 9.98. The first-order chi connectivity index (χ1) is 11.9. The van der Waals surface area contributed by atoms with Crippen LogP contribution in [0.2, 0.25) is 0 Å². The highest BCUT2D eigenvalue weighted by Crippen LogP contribution is 2.27. The van der Waals surface area contributed by atoms with Crippen molar-refractivity contribution in [2.24, 2.45) is 5.92 Å². The molecule has 0 bridgehead atoms. The monoisotopic (exact) mass is 382 g/mol. The Hall–Kier alpha value is -1.77. The quantitative estimate of drug-likeness (QED) is 0.883. The molecule has 1 aromatic carbocycles. The molecule has 0 aliphatic carbocycles. The number of piperidine rings is 1.